The zero-order chi connectivity index (χ0) is 17.9. The van der Waals surface area contributed by atoms with Crippen molar-refractivity contribution >= 4 is 15.8 Å². The fourth-order valence-electron chi connectivity index (χ4n) is 2.53. The monoisotopic (exact) mass is 356 g/mol. The topological polar surface area (TPSA) is 73.6 Å². The van der Waals surface area contributed by atoms with Crippen LogP contribution in [-0.2, 0) is 20.3 Å². The van der Waals surface area contributed by atoms with Crippen molar-refractivity contribution in [2.45, 2.75) is 10.6 Å². The van der Waals surface area contributed by atoms with Crippen LogP contribution < -0.4 is 0 Å². The second-order valence-electron chi connectivity index (χ2n) is 5.45. The fraction of sp³-hybridized carbons (Fsp3) is 0.105. The maximum Gasteiger partial charge on any atom is 0.338 e. The van der Waals surface area contributed by atoms with Gasteiger partial charge in [0.05, 0.1) is 35.8 Å². The minimum absolute atomic E-state index is 0.213. The van der Waals surface area contributed by atoms with Crippen molar-refractivity contribution in [3.63, 3.8) is 0 Å². The standard InChI is InChI=1S/C19H16O5S/c1-23-19(20)18-11-14(15-9-10-24-12-15)7-8-16(18)13-25(21,22)17-5-3-2-4-6-17/h2-12H,13H2,1H3. The fourth-order valence-corrected chi connectivity index (χ4v) is 3.93. The highest BCUT2D eigenvalue weighted by Crippen LogP contribution is 2.26. The number of furan rings is 1. The lowest BCUT2D eigenvalue weighted by Crippen LogP contribution is -2.11. The number of carbonyl (C=O) groups excluding carboxylic acids is 1. The molecule has 0 spiro atoms. The maximum atomic E-state index is 12.6. The average molecular weight is 356 g/mol. The number of rotatable bonds is 5. The van der Waals surface area contributed by atoms with E-state index in [1.807, 2.05) is 0 Å². The van der Waals surface area contributed by atoms with Crippen LogP contribution in [0.15, 0.2) is 76.4 Å². The molecule has 0 N–H and O–H groups in total. The van der Waals surface area contributed by atoms with Crippen LogP contribution in [0.25, 0.3) is 11.1 Å². The zero-order valence-electron chi connectivity index (χ0n) is 13.5. The van der Waals surface area contributed by atoms with Gasteiger partial charge in [-0.15, -0.1) is 0 Å². The normalized spacial score (nSPS) is 11.2. The summed E-state index contributed by atoms with van der Waals surface area (Å²) in [7, 11) is -2.30. The third-order valence-electron chi connectivity index (χ3n) is 3.82. The molecule has 0 unspecified atom stereocenters. The van der Waals surface area contributed by atoms with Gasteiger partial charge in [0.1, 0.15) is 0 Å². The summed E-state index contributed by atoms with van der Waals surface area (Å²) in [6, 6.07) is 14.9. The highest BCUT2D eigenvalue weighted by molar-refractivity contribution is 7.90. The summed E-state index contributed by atoms with van der Waals surface area (Å²) >= 11 is 0. The molecule has 0 aliphatic rings. The van der Waals surface area contributed by atoms with Gasteiger partial charge in [-0.2, -0.15) is 0 Å². The number of esters is 1. The van der Waals surface area contributed by atoms with Crippen molar-refractivity contribution < 1.29 is 22.4 Å². The van der Waals surface area contributed by atoms with Gasteiger partial charge in [-0.1, -0.05) is 30.3 Å². The molecule has 0 aliphatic heterocycles. The van der Waals surface area contributed by atoms with Crippen LogP contribution in [0.1, 0.15) is 15.9 Å². The molecule has 5 nitrogen and oxygen atoms in total. The molecule has 0 amide bonds. The molecular weight excluding hydrogens is 340 g/mol. The van der Waals surface area contributed by atoms with Crippen molar-refractivity contribution in [2.24, 2.45) is 0 Å². The van der Waals surface area contributed by atoms with E-state index < -0.39 is 15.8 Å². The minimum Gasteiger partial charge on any atom is -0.472 e. The van der Waals surface area contributed by atoms with Crippen LogP contribution in [0.3, 0.4) is 0 Å². The first-order valence-corrected chi connectivity index (χ1v) is 9.18. The molecule has 25 heavy (non-hydrogen) atoms. The number of hydrogen-bond acceptors (Lipinski definition) is 5. The highest BCUT2D eigenvalue weighted by atomic mass is 32.2. The Bertz CT molecular complexity index is 974. The van der Waals surface area contributed by atoms with Gasteiger partial charge >= 0.3 is 5.97 Å². The molecule has 0 saturated heterocycles. The molecule has 3 rings (SSSR count). The molecule has 3 aromatic rings. The van der Waals surface area contributed by atoms with E-state index >= 15 is 0 Å². The molecule has 0 radical (unpaired) electrons. The Morgan fingerprint density at radius 2 is 1.80 bits per heavy atom. The van der Waals surface area contributed by atoms with E-state index in [1.165, 1.54) is 25.5 Å². The first-order chi connectivity index (χ1) is 12.0. The molecule has 2 aromatic carbocycles. The third-order valence-corrected chi connectivity index (χ3v) is 5.50. The van der Waals surface area contributed by atoms with E-state index in [2.05, 4.69) is 0 Å². The van der Waals surface area contributed by atoms with Gasteiger partial charge in [0, 0.05) is 5.56 Å². The number of benzene rings is 2. The van der Waals surface area contributed by atoms with Crippen LogP contribution in [0, 0.1) is 0 Å². The number of sulfone groups is 1. The number of methoxy groups -OCH3 is 1. The van der Waals surface area contributed by atoms with E-state index in [0.29, 0.717) is 5.56 Å². The maximum absolute atomic E-state index is 12.6. The van der Waals surface area contributed by atoms with Crippen LogP contribution >= 0.6 is 0 Å². The van der Waals surface area contributed by atoms with Crippen molar-refractivity contribution in [1.82, 2.24) is 0 Å². The van der Waals surface area contributed by atoms with Crippen molar-refractivity contribution in [1.29, 1.82) is 0 Å². The van der Waals surface area contributed by atoms with Crippen LogP contribution in [-0.4, -0.2) is 21.5 Å². The molecule has 0 fully saturated rings. The number of ether oxygens (including phenoxy) is 1. The third kappa shape index (κ3) is 3.64. The van der Waals surface area contributed by atoms with Crippen molar-refractivity contribution in [3.8, 4) is 11.1 Å². The van der Waals surface area contributed by atoms with Gasteiger partial charge in [0.25, 0.3) is 0 Å². The molecule has 6 heteroatoms. The predicted octanol–water partition coefficient (Wildman–Crippen LogP) is 3.71. The lowest BCUT2D eigenvalue weighted by molar-refractivity contribution is 0.0600. The zero-order valence-corrected chi connectivity index (χ0v) is 14.3. The van der Waals surface area contributed by atoms with E-state index in [1.54, 1.807) is 48.7 Å². The van der Waals surface area contributed by atoms with E-state index in [0.717, 1.165) is 11.1 Å². The summed E-state index contributed by atoms with van der Waals surface area (Å²) in [4.78, 5) is 12.4. The van der Waals surface area contributed by atoms with Gasteiger partial charge in [-0.05, 0) is 35.4 Å². The highest BCUT2D eigenvalue weighted by Gasteiger charge is 2.21. The SMILES string of the molecule is COC(=O)c1cc(-c2ccoc2)ccc1CS(=O)(=O)c1ccccc1. The Balaban J connectivity index is 2.02. The number of carbonyl (C=O) groups is 1. The van der Waals surface area contributed by atoms with Gasteiger partial charge in [0.2, 0.25) is 0 Å². The van der Waals surface area contributed by atoms with Gasteiger partial charge < -0.3 is 9.15 Å². The summed E-state index contributed by atoms with van der Waals surface area (Å²) in [5.41, 5.74) is 2.15. The smallest absolute Gasteiger partial charge is 0.338 e. The molecule has 0 atom stereocenters. The van der Waals surface area contributed by atoms with Gasteiger partial charge in [-0.25, -0.2) is 13.2 Å². The minimum atomic E-state index is -3.57. The Morgan fingerprint density at radius 3 is 2.44 bits per heavy atom. The summed E-state index contributed by atoms with van der Waals surface area (Å²) in [6.07, 6.45) is 3.08. The molecule has 0 saturated carbocycles. The Morgan fingerprint density at radius 1 is 1.04 bits per heavy atom. The Labute approximate surface area is 145 Å². The first kappa shape index (κ1) is 17.0. The van der Waals surface area contributed by atoms with E-state index in [9.17, 15) is 13.2 Å². The first-order valence-electron chi connectivity index (χ1n) is 7.53. The van der Waals surface area contributed by atoms with Crippen LogP contribution in [0.4, 0.5) is 0 Å². The summed E-state index contributed by atoms with van der Waals surface area (Å²) in [5, 5.41) is 0. The lowest BCUT2D eigenvalue weighted by Gasteiger charge is -2.11. The van der Waals surface area contributed by atoms with Crippen LogP contribution in [0.2, 0.25) is 0 Å². The molecule has 128 valence electrons. The molecule has 1 aromatic heterocycles. The summed E-state index contributed by atoms with van der Waals surface area (Å²) in [5.74, 6) is -0.865. The van der Waals surface area contributed by atoms with Gasteiger partial charge in [0.15, 0.2) is 9.84 Å². The summed E-state index contributed by atoms with van der Waals surface area (Å²) < 4.78 is 35.1. The predicted molar refractivity (Wildman–Crippen MR) is 92.8 cm³/mol. The molecule has 0 bridgehead atoms. The van der Waals surface area contributed by atoms with Crippen molar-refractivity contribution in [3.05, 3.63) is 78.3 Å². The Kier molecular flexibility index (Phi) is 4.72. The van der Waals surface area contributed by atoms with Crippen molar-refractivity contribution in [2.75, 3.05) is 7.11 Å². The average Bonchev–Trinajstić information content (AvgIpc) is 3.16. The number of hydrogen-bond donors (Lipinski definition) is 0. The molecule has 0 aliphatic carbocycles. The largest absolute Gasteiger partial charge is 0.472 e. The quantitative estimate of drug-likeness (QED) is 0.652. The van der Waals surface area contributed by atoms with Crippen LogP contribution in [0.5, 0.6) is 0 Å². The second kappa shape index (κ2) is 6.94. The Hall–Kier alpha value is -2.86. The van der Waals surface area contributed by atoms with E-state index in [4.69, 9.17) is 9.15 Å². The lowest BCUT2D eigenvalue weighted by atomic mass is 10.0. The second-order valence-corrected chi connectivity index (χ2v) is 7.44. The molecule has 1 heterocycles. The molecular formula is C19H16O5S. The van der Waals surface area contributed by atoms with Gasteiger partial charge in [-0.3, -0.25) is 0 Å². The summed E-state index contributed by atoms with van der Waals surface area (Å²) in [6.45, 7) is 0. The van der Waals surface area contributed by atoms with E-state index in [-0.39, 0.29) is 16.2 Å².